The predicted molar refractivity (Wildman–Crippen MR) is 176 cm³/mol. The molecule has 0 spiro atoms. The molecule has 2 heterocycles. The van der Waals surface area contributed by atoms with Crippen molar-refractivity contribution >= 4 is 5.91 Å². The van der Waals surface area contributed by atoms with Gasteiger partial charge in [-0.15, -0.1) is 0 Å². The summed E-state index contributed by atoms with van der Waals surface area (Å²) in [4.78, 5) is 12.2. The third kappa shape index (κ3) is 14.3. The molecule has 0 bridgehead atoms. The van der Waals surface area contributed by atoms with E-state index in [9.17, 15) is 45.6 Å². The molecular formula is C34H65NO13. The van der Waals surface area contributed by atoms with E-state index in [2.05, 4.69) is 12.2 Å². The number of amides is 1. The summed E-state index contributed by atoms with van der Waals surface area (Å²) in [6, 6.07) is -0.817. The molecule has 2 aliphatic rings. The van der Waals surface area contributed by atoms with Crippen LogP contribution in [-0.4, -0.2) is 140 Å². The Morgan fingerprint density at radius 1 is 0.667 bits per heavy atom. The largest absolute Gasteiger partial charge is 0.394 e. The maximum Gasteiger partial charge on any atom is 0.220 e. The fourth-order valence-electron chi connectivity index (χ4n) is 6.20. The Morgan fingerprint density at radius 3 is 1.69 bits per heavy atom. The lowest BCUT2D eigenvalue weighted by molar-refractivity contribution is -0.359. The zero-order chi connectivity index (χ0) is 35.5. The first-order valence-corrected chi connectivity index (χ1v) is 18.3. The molecule has 284 valence electrons. The van der Waals surface area contributed by atoms with Gasteiger partial charge in [-0.1, -0.05) is 104 Å². The van der Waals surface area contributed by atoms with E-state index in [4.69, 9.17) is 18.9 Å². The minimum atomic E-state index is -1.77. The van der Waals surface area contributed by atoms with Crippen LogP contribution in [0.3, 0.4) is 0 Å². The molecule has 0 radical (unpaired) electrons. The molecule has 2 saturated heterocycles. The van der Waals surface area contributed by atoms with Crippen molar-refractivity contribution in [2.24, 2.45) is 0 Å². The standard InChI is InChI=1S/C34H65NO13/c1-3-5-6-7-8-9-10-11-12-13-14-15-16-17-18-23(38)22(35-26(39)4-2)21-45-33-31(44)29(42)32(25(20-37)47-33)48-34-30(43)28(41)27(40)24(19-36)46-34/h22-25,27-34,36-38,40-44H,3-21H2,1-2H3,(H,35,39). The van der Waals surface area contributed by atoms with Crippen molar-refractivity contribution in [1.29, 1.82) is 0 Å². The van der Waals surface area contributed by atoms with Crippen LogP contribution < -0.4 is 5.32 Å². The Balaban J connectivity index is 1.79. The van der Waals surface area contributed by atoms with Crippen molar-refractivity contribution in [2.45, 2.75) is 190 Å². The van der Waals surface area contributed by atoms with Crippen LogP contribution in [0.2, 0.25) is 0 Å². The highest BCUT2D eigenvalue weighted by molar-refractivity contribution is 5.75. The Labute approximate surface area is 285 Å². The summed E-state index contributed by atoms with van der Waals surface area (Å²) in [7, 11) is 0. The molecule has 9 N–H and O–H groups in total. The molecule has 14 heteroatoms. The van der Waals surface area contributed by atoms with E-state index < -0.39 is 86.8 Å². The summed E-state index contributed by atoms with van der Waals surface area (Å²) in [5.74, 6) is -0.296. The number of carbonyl (C=O) groups is 1. The first kappa shape index (κ1) is 43.2. The Morgan fingerprint density at radius 2 is 1.17 bits per heavy atom. The van der Waals surface area contributed by atoms with Gasteiger partial charge in [0.1, 0.15) is 48.8 Å². The van der Waals surface area contributed by atoms with Crippen molar-refractivity contribution in [3.8, 4) is 0 Å². The monoisotopic (exact) mass is 695 g/mol. The average Bonchev–Trinajstić information content (AvgIpc) is 3.09. The molecular weight excluding hydrogens is 630 g/mol. The van der Waals surface area contributed by atoms with E-state index >= 15 is 0 Å². The number of rotatable bonds is 25. The van der Waals surface area contributed by atoms with Gasteiger partial charge in [0, 0.05) is 6.42 Å². The zero-order valence-corrected chi connectivity index (χ0v) is 29.0. The van der Waals surface area contributed by atoms with E-state index in [1.54, 1.807) is 6.92 Å². The number of ether oxygens (including phenoxy) is 4. The van der Waals surface area contributed by atoms with Crippen LogP contribution in [0.25, 0.3) is 0 Å². The second kappa shape index (κ2) is 24.2. The Hall–Kier alpha value is -1.01. The minimum Gasteiger partial charge on any atom is -0.394 e. The van der Waals surface area contributed by atoms with E-state index in [-0.39, 0.29) is 18.9 Å². The van der Waals surface area contributed by atoms with Gasteiger partial charge in [-0.3, -0.25) is 4.79 Å². The highest BCUT2D eigenvalue weighted by atomic mass is 16.7. The van der Waals surface area contributed by atoms with Crippen molar-refractivity contribution in [1.82, 2.24) is 5.32 Å². The van der Waals surface area contributed by atoms with Crippen LogP contribution in [0.4, 0.5) is 0 Å². The lowest BCUT2D eigenvalue weighted by Crippen LogP contribution is -2.65. The lowest BCUT2D eigenvalue weighted by atomic mass is 9.97. The summed E-state index contributed by atoms with van der Waals surface area (Å²) in [5, 5.41) is 85.1. The van der Waals surface area contributed by atoms with Crippen LogP contribution in [0, 0.1) is 0 Å². The van der Waals surface area contributed by atoms with Gasteiger partial charge in [0.15, 0.2) is 12.6 Å². The molecule has 12 unspecified atom stereocenters. The first-order chi connectivity index (χ1) is 23.1. The van der Waals surface area contributed by atoms with E-state index in [0.717, 1.165) is 25.7 Å². The molecule has 0 saturated carbocycles. The van der Waals surface area contributed by atoms with Crippen LogP contribution in [0.15, 0.2) is 0 Å². The summed E-state index contributed by atoms with van der Waals surface area (Å²) in [6.45, 7) is 2.26. The molecule has 2 fully saturated rings. The fraction of sp³-hybridized carbons (Fsp3) is 0.971. The van der Waals surface area contributed by atoms with Gasteiger partial charge in [0.2, 0.25) is 5.91 Å². The van der Waals surface area contributed by atoms with Gasteiger partial charge >= 0.3 is 0 Å². The van der Waals surface area contributed by atoms with Crippen molar-refractivity contribution < 1.29 is 64.6 Å². The smallest absolute Gasteiger partial charge is 0.220 e. The topological polar surface area (TPSA) is 228 Å². The van der Waals surface area contributed by atoms with Crippen molar-refractivity contribution in [2.75, 3.05) is 19.8 Å². The van der Waals surface area contributed by atoms with Crippen LogP contribution in [-0.2, 0) is 23.7 Å². The van der Waals surface area contributed by atoms with Gasteiger partial charge in [-0.2, -0.15) is 0 Å². The number of hydrogen-bond acceptors (Lipinski definition) is 13. The predicted octanol–water partition coefficient (Wildman–Crippen LogP) is 0.754. The lowest BCUT2D eigenvalue weighted by Gasteiger charge is -2.46. The number of aliphatic hydroxyl groups is 8. The van der Waals surface area contributed by atoms with Gasteiger partial charge < -0.3 is 65.1 Å². The summed E-state index contributed by atoms with van der Waals surface area (Å²) < 4.78 is 22.3. The maximum atomic E-state index is 12.2. The quantitative estimate of drug-likeness (QED) is 0.0602. The average molecular weight is 696 g/mol. The van der Waals surface area contributed by atoms with E-state index in [1.165, 1.54) is 64.2 Å². The SMILES string of the molecule is CCCCCCCCCCCCCCCCC(O)C(COC1OC(CO)C(OC2OC(CO)C(O)C(O)C2O)C(O)C1O)NC(=O)CC. The molecule has 2 aliphatic heterocycles. The Kier molecular flexibility index (Phi) is 21.8. The molecule has 14 nitrogen and oxygen atoms in total. The van der Waals surface area contributed by atoms with Gasteiger partial charge in [0.25, 0.3) is 0 Å². The minimum absolute atomic E-state index is 0.187. The third-order valence-electron chi connectivity index (χ3n) is 9.39. The molecule has 12 atom stereocenters. The first-order valence-electron chi connectivity index (χ1n) is 18.3. The van der Waals surface area contributed by atoms with Gasteiger partial charge in [0.05, 0.1) is 32.0 Å². The Bertz CT molecular complexity index is 837. The number of unbranched alkanes of at least 4 members (excludes halogenated alkanes) is 13. The molecule has 1 amide bonds. The summed E-state index contributed by atoms with van der Waals surface area (Å²) >= 11 is 0. The van der Waals surface area contributed by atoms with Gasteiger partial charge in [-0.05, 0) is 6.42 Å². The summed E-state index contributed by atoms with van der Waals surface area (Å²) in [6.07, 6.45) is 0.982. The maximum absolute atomic E-state index is 12.2. The summed E-state index contributed by atoms with van der Waals surface area (Å²) in [5.41, 5.74) is 0. The van der Waals surface area contributed by atoms with Crippen molar-refractivity contribution in [3.05, 3.63) is 0 Å². The van der Waals surface area contributed by atoms with Gasteiger partial charge in [-0.25, -0.2) is 0 Å². The molecule has 0 aliphatic carbocycles. The van der Waals surface area contributed by atoms with Crippen LogP contribution in [0.1, 0.15) is 117 Å². The number of aliphatic hydroxyl groups excluding tert-OH is 8. The van der Waals surface area contributed by atoms with Crippen molar-refractivity contribution in [3.63, 3.8) is 0 Å². The molecule has 0 aromatic heterocycles. The molecule has 0 aromatic carbocycles. The van der Waals surface area contributed by atoms with E-state index in [0.29, 0.717) is 6.42 Å². The van der Waals surface area contributed by atoms with Crippen LogP contribution in [0.5, 0.6) is 0 Å². The zero-order valence-electron chi connectivity index (χ0n) is 29.0. The van der Waals surface area contributed by atoms with E-state index in [1.807, 2.05) is 0 Å². The highest BCUT2D eigenvalue weighted by Gasteiger charge is 2.50. The van der Waals surface area contributed by atoms with Crippen LogP contribution >= 0.6 is 0 Å². The second-order valence-electron chi connectivity index (χ2n) is 13.3. The highest BCUT2D eigenvalue weighted by Crippen LogP contribution is 2.30. The number of hydrogen-bond donors (Lipinski definition) is 9. The fourth-order valence-corrected chi connectivity index (χ4v) is 6.20. The second-order valence-corrected chi connectivity index (χ2v) is 13.3. The number of nitrogens with one attached hydrogen (secondary N) is 1. The molecule has 2 rings (SSSR count). The number of carbonyl (C=O) groups excluding carboxylic acids is 1. The third-order valence-corrected chi connectivity index (χ3v) is 9.39. The normalized spacial score (nSPS) is 32.2. The molecule has 0 aromatic rings. The molecule has 48 heavy (non-hydrogen) atoms.